The Morgan fingerprint density at radius 2 is 2.22 bits per heavy atom. The molecule has 3 N–H and O–H groups in total. The van der Waals surface area contributed by atoms with Crippen molar-refractivity contribution in [2.75, 3.05) is 0 Å². The number of rotatable bonds is 7. The van der Waals surface area contributed by atoms with Crippen LogP contribution in [-0.4, -0.2) is 27.6 Å². The van der Waals surface area contributed by atoms with Gasteiger partial charge in [-0.25, -0.2) is 13.8 Å². The summed E-state index contributed by atoms with van der Waals surface area (Å²) in [5.74, 6) is -0.860. The molecule has 0 fully saturated rings. The van der Waals surface area contributed by atoms with E-state index in [1.165, 1.54) is 6.08 Å². The second kappa shape index (κ2) is 7.87. The summed E-state index contributed by atoms with van der Waals surface area (Å²) in [5, 5.41) is 3.04. The summed E-state index contributed by atoms with van der Waals surface area (Å²) in [6.45, 7) is 4.75. The third-order valence-corrected chi connectivity index (χ3v) is 4.49. The van der Waals surface area contributed by atoms with Gasteiger partial charge < -0.3 is 15.0 Å². The highest BCUT2D eigenvalue weighted by Gasteiger charge is 2.18. The lowest BCUT2D eigenvalue weighted by Crippen LogP contribution is -2.38. The minimum Gasteiger partial charge on any atom is -0.486 e. The van der Waals surface area contributed by atoms with Gasteiger partial charge in [0.15, 0.2) is 11.7 Å². The molecule has 0 radical (unpaired) electrons. The predicted octanol–water partition coefficient (Wildman–Crippen LogP) is 2.88. The van der Waals surface area contributed by atoms with Crippen LogP contribution in [0.4, 0.5) is 8.78 Å². The van der Waals surface area contributed by atoms with Crippen LogP contribution in [0.3, 0.4) is 0 Å². The number of hydrogen-bond donors (Lipinski definition) is 2. The van der Waals surface area contributed by atoms with Gasteiger partial charge in [-0.15, -0.1) is 0 Å². The van der Waals surface area contributed by atoms with E-state index in [9.17, 15) is 13.6 Å². The summed E-state index contributed by atoms with van der Waals surface area (Å²) in [6.07, 6.45) is 2.03. The van der Waals surface area contributed by atoms with Gasteiger partial charge in [-0.1, -0.05) is 0 Å². The Kier molecular flexibility index (Phi) is 5.55. The number of aromatic nitrogens is 2. The lowest BCUT2D eigenvalue weighted by molar-refractivity contribution is -0.119. The second-order valence-electron chi connectivity index (χ2n) is 6.39. The molecule has 144 valence electrons. The molecule has 1 amide bonds. The van der Waals surface area contributed by atoms with E-state index < -0.39 is 29.7 Å². The molecule has 27 heavy (non-hydrogen) atoms. The molecule has 1 aliphatic rings. The largest absolute Gasteiger partial charge is 0.486 e. The van der Waals surface area contributed by atoms with Crippen molar-refractivity contribution in [3.63, 3.8) is 0 Å². The Labute approximate surface area is 155 Å². The average Bonchev–Trinajstić information content (AvgIpc) is 2.99. The fourth-order valence-corrected chi connectivity index (χ4v) is 2.94. The average molecular weight is 376 g/mol. The number of fused-ring (bicyclic) bond motifs is 1. The number of nitrogens with two attached hydrogens (primary N) is 1. The molecular weight excluding hydrogens is 354 g/mol. The zero-order valence-corrected chi connectivity index (χ0v) is 15.2. The van der Waals surface area contributed by atoms with E-state index >= 15 is 0 Å². The van der Waals surface area contributed by atoms with Gasteiger partial charge in [0.25, 0.3) is 0 Å². The summed E-state index contributed by atoms with van der Waals surface area (Å²) in [7, 11) is 0. The first-order valence-corrected chi connectivity index (χ1v) is 8.81. The van der Waals surface area contributed by atoms with E-state index in [0.29, 0.717) is 18.8 Å². The maximum Gasteiger partial charge on any atom is 0.234 e. The Morgan fingerprint density at radius 3 is 2.89 bits per heavy atom. The van der Waals surface area contributed by atoms with Crippen molar-refractivity contribution in [1.82, 2.24) is 14.9 Å². The van der Waals surface area contributed by atoms with Gasteiger partial charge in [-0.2, -0.15) is 0 Å². The van der Waals surface area contributed by atoms with E-state index in [0.717, 1.165) is 22.9 Å². The van der Waals surface area contributed by atoms with Gasteiger partial charge in [0.05, 0.1) is 23.6 Å². The van der Waals surface area contributed by atoms with E-state index in [2.05, 4.69) is 10.3 Å². The number of aryl methyl sites for hydroxylation is 1. The van der Waals surface area contributed by atoms with E-state index in [1.807, 2.05) is 23.6 Å². The van der Waals surface area contributed by atoms with E-state index in [-0.39, 0.29) is 6.42 Å². The van der Waals surface area contributed by atoms with Crippen molar-refractivity contribution < 1.29 is 18.3 Å². The number of carbonyl (C=O) groups is 1. The van der Waals surface area contributed by atoms with Gasteiger partial charge >= 0.3 is 0 Å². The fraction of sp³-hybridized carbons (Fsp3) is 0.368. The molecule has 0 aliphatic heterocycles. The molecule has 0 saturated heterocycles. The Bertz CT molecular complexity index is 920. The number of hydrogen-bond acceptors (Lipinski definition) is 4. The van der Waals surface area contributed by atoms with Gasteiger partial charge in [0.2, 0.25) is 5.91 Å². The maximum atomic E-state index is 13.4. The van der Waals surface area contributed by atoms with Gasteiger partial charge in [0.1, 0.15) is 17.7 Å². The zero-order chi connectivity index (χ0) is 19.6. The molecule has 3 rings (SSSR count). The normalized spacial score (nSPS) is 18.1. The molecule has 1 aromatic carbocycles. The quantitative estimate of drug-likeness (QED) is 0.779. The molecule has 1 aromatic heterocycles. The van der Waals surface area contributed by atoms with Gasteiger partial charge in [-0.3, -0.25) is 10.1 Å². The Balaban J connectivity index is 1.81. The number of carbonyl (C=O) groups excluding carboxylic acids is 1. The molecule has 2 atom stereocenters. The third kappa shape index (κ3) is 4.16. The van der Waals surface area contributed by atoms with Crippen LogP contribution in [0.1, 0.15) is 26.1 Å². The fourth-order valence-electron chi connectivity index (χ4n) is 2.94. The maximum absolute atomic E-state index is 13.4. The number of benzene rings is 1. The monoisotopic (exact) mass is 376 g/mol. The minimum absolute atomic E-state index is 0.268. The molecule has 6 nitrogen and oxygen atoms in total. The SMILES string of the molecule is CCn1c(CN[C@@H](C)C(N)=O)nc2ccc(OC3C=C(F)C(F)=CC3)cc21. The van der Waals surface area contributed by atoms with Crippen LogP contribution >= 0.6 is 0 Å². The summed E-state index contributed by atoms with van der Waals surface area (Å²) >= 11 is 0. The molecular formula is C19H22F2N4O2. The van der Waals surface area contributed by atoms with E-state index in [1.54, 1.807) is 13.0 Å². The molecule has 1 heterocycles. The number of ether oxygens (including phenoxy) is 1. The third-order valence-electron chi connectivity index (χ3n) is 4.49. The first-order valence-electron chi connectivity index (χ1n) is 8.81. The van der Waals surface area contributed by atoms with Crippen molar-refractivity contribution in [3.8, 4) is 5.75 Å². The van der Waals surface area contributed by atoms with Crippen LogP contribution in [0.2, 0.25) is 0 Å². The van der Waals surface area contributed by atoms with Crippen LogP contribution in [0.25, 0.3) is 11.0 Å². The second-order valence-corrected chi connectivity index (χ2v) is 6.39. The summed E-state index contributed by atoms with van der Waals surface area (Å²) in [4.78, 5) is 15.8. The number of imidazole rings is 1. The molecule has 0 bridgehead atoms. The van der Waals surface area contributed by atoms with Crippen LogP contribution in [-0.2, 0) is 17.9 Å². The molecule has 0 spiro atoms. The number of nitrogens with one attached hydrogen (secondary N) is 1. The topological polar surface area (TPSA) is 82.2 Å². The van der Waals surface area contributed by atoms with Crippen LogP contribution in [0.15, 0.2) is 42.0 Å². The Hall–Kier alpha value is -2.74. The molecule has 1 aliphatic carbocycles. The van der Waals surface area contributed by atoms with Crippen molar-refractivity contribution in [2.45, 2.75) is 45.5 Å². The van der Waals surface area contributed by atoms with Gasteiger partial charge in [-0.05, 0) is 38.1 Å². The van der Waals surface area contributed by atoms with Crippen LogP contribution in [0, 0.1) is 0 Å². The number of nitrogens with zero attached hydrogens (tertiary/aromatic N) is 2. The minimum atomic E-state index is -0.900. The highest BCUT2D eigenvalue weighted by atomic mass is 19.2. The van der Waals surface area contributed by atoms with Crippen molar-refractivity contribution in [3.05, 3.63) is 47.8 Å². The van der Waals surface area contributed by atoms with Crippen LogP contribution < -0.4 is 15.8 Å². The summed E-state index contributed by atoms with van der Waals surface area (Å²) in [5.41, 5.74) is 6.91. The lowest BCUT2D eigenvalue weighted by atomic mass is 10.1. The first-order chi connectivity index (χ1) is 12.9. The number of primary amides is 1. The van der Waals surface area contributed by atoms with Crippen molar-refractivity contribution in [2.24, 2.45) is 5.73 Å². The van der Waals surface area contributed by atoms with Crippen LogP contribution in [0.5, 0.6) is 5.75 Å². The summed E-state index contributed by atoms with van der Waals surface area (Å²) < 4.78 is 34.3. The first kappa shape index (κ1) is 19.0. The van der Waals surface area contributed by atoms with Crippen molar-refractivity contribution in [1.29, 1.82) is 0 Å². The lowest BCUT2D eigenvalue weighted by Gasteiger charge is -2.17. The highest BCUT2D eigenvalue weighted by molar-refractivity contribution is 5.79. The number of amides is 1. The smallest absolute Gasteiger partial charge is 0.234 e. The van der Waals surface area contributed by atoms with Crippen molar-refractivity contribution >= 4 is 16.9 Å². The zero-order valence-electron chi connectivity index (χ0n) is 15.2. The molecule has 2 aromatic rings. The molecule has 1 unspecified atom stereocenters. The Morgan fingerprint density at radius 1 is 1.44 bits per heavy atom. The molecule has 0 saturated carbocycles. The highest BCUT2D eigenvalue weighted by Crippen LogP contribution is 2.27. The standard InChI is InChI=1S/C19H22F2N4O2/c1-3-25-17-9-13(27-12-4-6-14(20)15(21)8-12)5-7-16(17)24-18(25)10-23-11(2)19(22)26/h5-9,11-12,23H,3-4,10H2,1-2H3,(H2,22,26)/t11-,12?/m0/s1. The summed E-state index contributed by atoms with van der Waals surface area (Å²) in [6, 6.07) is 4.93. The predicted molar refractivity (Wildman–Crippen MR) is 98.3 cm³/mol. The van der Waals surface area contributed by atoms with E-state index in [4.69, 9.17) is 10.5 Å². The molecule has 8 heteroatoms. The number of allylic oxidation sites excluding steroid dienone is 2. The van der Waals surface area contributed by atoms with Gasteiger partial charge in [0, 0.05) is 19.0 Å². The number of halogens is 2.